The summed E-state index contributed by atoms with van der Waals surface area (Å²) in [7, 11) is 0. The molecule has 0 nitrogen and oxygen atoms in total. The summed E-state index contributed by atoms with van der Waals surface area (Å²) in [4.78, 5) is 0. The third kappa shape index (κ3) is 5.91. The van der Waals surface area contributed by atoms with Gasteiger partial charge in [-0.1, -0.05) is 48.5 Å². The summed E-state index contributed by atoms with van der Waals surface area (Å²) in [5.41, 5.74) is -6.51. The van der Waals surface area contributed by atoms with Gasteiger partial charge in [-0.3, -0.25) is 0 Å². The first kappa shape index (κ1) is 30.0. The summed E-state index contributed by atoms with van der Waals surface area (Å²) in [6.07, 6.45) is -19.1. The molecule has 0 N–H and O–H groups in total. The van der Waals surface area contributed by atoms with E-state index in [9.17, 15) is 52.7 Å². The summed E-state index contributed by atoms with van der Waals surface area (Å²) in [5, 5.41) is 0. The van der Waals surface area contributed by atoms with Crippen molar-refractivity contribution in [3.8, 4) is 0 Å². The van der Waals surface area contributed by atoms with Gasteiger partial charge in [0.05, 0.1) is 27.7 Å². The molecule has 0 aromatic heterocycles. The minimum Gasteiger partial charge on any atom is -0.166 e. The van der Waals surface area contributed by atoms with Gasteiger partial charge in [-0.2, -0.15) is 52.7 Å². The second kappa shape index (κ2) is 10.1. The normalized spacial score (nSPS) is 13.4. The SMILES string of the molecule is FC(F)(F)c1ccc(C(c2ccc(C(F)(F)F)cc2)(c2ccc(C(F)(F)F)cc2)c2ccc(C(F)(F)F)cc2)cc1. The lowest BCUT2D eigenvalue weighted by Crippen LogP contribution is -2.31. The Morgan fingerprint density at radius 1 is 0.220 bits per heavy atom. The van der Waals surface area contributed by atoms with E-state index in [1.54, 1.807) is 0 Å². The van der Waals surface area contributed by atoms with E-state index in [2.05, 4.69) is 0 Å². The fraction of sp³-hybridized carbons (Fsp3) is 0.172. The third-order valence-electron chi connectivity index (χ3n) is 6.58. The molecule has 0 amide bonds. The zero-order valence-electron chi connectivity index (χ0n) is 20.3. The van der Waals surface area contributed by atoms with E-state index >= 15 is 0 Å². The molecule has 216 valence electrons. The highest BCUT2D eigenvalue weighted by atomic mass is 19.4. The van der Waals surface area contributed by atoms with E-state index < -0.39 is 52.4 Å². The smallest absolute Gasteiger partial charge is 0.166 e. The first-order valence-corrected chi connectivity index (χ1v) is 11.6. The van der Waals surface area contributed by atoms with Crippen molar-refractivity contribution < 1.29 is 52.7 Å². The van der Waals surface area contributed by atoms with Crippen LogP contribution in [0.3, 0.4) is 0 Å². The van der Waals surface area contributed by atoms with Crippen LogP contribution in [0.4, 0.5) is 52.7 Å². The van der Waals surface area contributed by atoms with Crippen molar-refractivity contribution >= 4 is 0 Å². The maximum Gasteiger partial charge on any atom is 0.416 e. The fourth-order valence-corrected chi connectivity index (χ4v) is 4.64. The quantitative estimate of drug-likeness (QED) is 0.163. The first-order valence-electron chi connectivity index (χ1n) is 11.6. The Bertz CT molecular complexity index is 1230. The second-order valence-corrected chi connectivity index (χ2v) is 9.05. The van der Waals surface area contributed by atoms with E-state index in [1.807, 2.05) is 0 Å². The minimum atomic E-state index is -4.78. The van der Waals surface area contributed by atoms with Crippen molar-refractivity contribution in [3.05, 3.63) is 142 Å². The fourth-order valence-electron chi connectivity index (χ4n) is 4.64. The van der Waals surface area contributed by atoms with Crippen LogP contribution in [-0.2, 0) is 30.1 Å². The molecule has 0 heterocycles. The van der Waals surface area contributed by atoms with Crippen LogP contribution in [-0.4, -0.2) is 0 Å². The monoisotopic (exact) mass is 592 g/mol. The maximum atomic E-state index is 13.3. The average Bonchev–Trinajstić information content (AvgIpc) is 2.88. The molecule has 0 atom stereocenters. The summed E-state index contributed by atoms with van der Waals surface area (Å²) < 4.78 is 160. The van der Waals surface area contributed by atoms with Crippen LogP contribution in [0, 0.1) is 0 Å². The molecule has 12 heteroatoms. The maximum absolute atomic E-state index is 13.3. The van der Waals surface area contributed by atoms with Crippen molar-refractivity contribution in [2.75, 3.05) is 0 Å². The van der Waals surface area contributed by atoms with Crippen molar-refractivity contribution in [1.29, 1.82) is 0 Å². The Kier molecular flexibility index (Phi) is 7.43. The Labute approximate surface area is 224 Å². The van der Waals surface area contributed by atoms with Crippen LogP contribution in [0.2, 0.25) is 0 Å². The summed E-state index contributed by atoms with van der Waals surface area (Å²) in [5.74, 6) is 0. The molecule has 0 unspecified atom stereocenters. The third-order valence-corrected chi connectivity index (χ3v) is 6.58. The highest BCUT2D eigenvalue weighted by Gasteiger charge is 2.42. The van der Waals surface area contributed by atoms with E-state index in [1.165, 1.54) is 0 Å². The van der Waals surface area contributed by atoms with Crippen LogP contribution >= 0.6 is 0 Å². The summed E-state index contributed by atoms with van der Waals surface area (Å²) >= 11 is 0. The van der Waals surface area contributed by atoms with Gasteiger partial charge in [-0.05, 0) is 70.8 Å². The molecule has 0 saturated heterocycles. The number of alkyl halides is 12. The lowest BCUT2D eigenvalue weighted by molar-refractivity contribution is -0.138. The number of hydrogen-bond donors (Lipinski definition) is 0. The Hall–Kier alpha value is -3.96. The van der Waals surface area contributed by atoms with E-state index in [0.717, 1.165) is 48.5 Å². The Balaban J connectivity index is 2.09. The minimum absolute atomic E-state index is 0.0511. The number of benzene rings is 4. The van der Waals surface area contributed by atoms with Gasteiger partial charge in [0, 0.05) is 0 Å². The van der Waals surface area contributed by atoms with E-state index in [0.29, 0.717) is 48.5 Å². The topological polar surface area (TPSA) is 0 Å². The predicted molar refractivity (Wildman–Crippen MR) is 125 cm³/mol. The average molecular weight is 592 g/mol. The van der Waals surface area contributed by atoms with Crippen LogP contribution in [0.15, 0.2) is 97.1 Å². The Morgan fingerprint density at radius 2 is 0.341 bits per heavy atom. The van der Waals surface area contributed by atoms with E-state index in [4.69, 9.17) is 0 Å². The highest BCUT2D eigenvalue weighted by molar-refractivity contribution is 5.61. The van der Waals surface area contributed by atoms with Crippen LogP contribution < -0.4 is 0 Å². The first-order chi connectivity index (χ1) is 18.8. The molecular weight excluding hydrogens is 576 g/mol. The standard InChI is InChI=1S/C29H16F12/c30-26(31,32)21-9-1-17(2-10-21)25(18-3-11-22(12-4-18)27(33,34)35,19-5-13-23(14-6-19)28(36,37)38)20-7-15-24(16-8-20)29(39,40)41/h1-16H. The van der Waals surface area contributed by atoms with Gasteiger partial charge in [-0.25, -0.2) is 0 Å². The van der Waals surface area contributed by atoms with Gasteiger partial charge in [-0.15, -0.1) is 0 Å². The van der Waals surface area contributed by atoms with Crippen molar-refractivity contribution in [2.24, 2.45) is 0 Å². The molecule has 0 radical (unpaired) electrons. The van der Waals surface area contributed by atoms with Crippen molar-refractivity contribution in [3.63, 3.8) is 0 Å². The molecule has 0 aliphatic heterocycles. The highest BCUT2D eigenvalue weighted by Crippen LogP contribution is 2.47. The molecule has 0 aliphatic rings. The molecule has 0 saturated carbocycles. The van der Waals surface area contributed by atoms with Gasteiger partial charge in [0.2, 0.25) is 0 Å². The predicted octanol–water partition coefficient (Wildman–Crippen LogP) is 10.1. The zero-order chi connectivity index (χ0) is 30.4. The van der Waals surface area contributed by atoms with Crippen LogP contribution in [0.5, 0.6) is 0 Å². The number of hydrogen-bond acceptors (Lipinski definition) is 0. The second-order valence-electron chi connectivity index (χ2n) is 9.05. The van der Waals surface area contributed by atoms with Crippen molar-refractivity contribution in [2.45, 2.75) is 30.1 Å². The molecule has 4 rings (SSSR count). The van der Waals surface area contributed by atoms with Gasteiger partial charge < -0.3 is 0 Å². The lowest BCUT2D eigenvalue weighted by atomic mass is 9.64. The number of rotatable bonds is 4. The van der Waals surface area contributed by atoms with Crippen LogP contribution in [0.1, 0.15) is 44.5 Å². The largest absolute Gasteiger partial charge is 0.416 e. The molecule has 4 aromatic carbocycles. The van der Waals surface area contributed by atoms with Gasteiger partial charge >= 0.3 is 24.7 Å². The molecular formula is C29H16F12. The van der Waals surface area contributed by atoms with Gasteiger partial charge in [0.1, 0.15) is 0 Å². The Morgan fingerprint density at radius 3 is 0.463 bits per heavy atom. The molecule has 4 aromatic rings. The molecule has 41 heavy (non-hydrogen) atoms. The zero-order valence-corrected chi connectivity index (χ0v) is 20.3. The summed E-state index contributed by atoms with van der Waals surface area (Å²) in [6, 6.07) is 13.2. The lowest BCUT2D eigenvalue weighted by Gasteiger charge is -2.37. The van der Waals surface area contributed by atoms with E-state index in [-0.39, 0.29) is 22.3 Å². The summed E-state index contributed by atoms with van der Waals surface area (Å²) in [6.45, 7) is 0. The van der Waals surface area contributed by atoms with Crippen molar-refractivity contribution in [1.82, 2.24) is 0 Å². The van der Waals surface area contributed by atoms with Gasteiger partial charge in [0.25, 0.3) is 0 Å². The van der Waals surface area contributed by atoms with Gasteiger partial charge in [0.15, 0.2) is 0 Å². The molecule has 0 fully saturated rings. The molecule has 0 aliphatic carbocycles. The molecule has 0 spiro atoms. The van der Waals surface area contributed by atoms with Crippen LogP contribution in [0.25, 0.3) is 0 Å². The molecule has 0 bridgehead atoms. The number of halogens is 12.